The molecular formula is C23H28N2O4. The second-order valence-corrected chi connectivity index (χ2v) is 7.33. The molecule has 2 heterocycles. The number of aryl methyl sites for hydroxylation is 1. The molecule has 0 unspecified atom stereocenters. The molecule has 0 N–H and O–H groups in total. The first-order valence-corrected chi connectivity index (χ1v) is 9.95. The average molecular weight is 396 g/mol. The molecule has 0 aliphatic carbocycles. The van der Waals surface area contributed by atoms with Crippen LogP contribution in [-0.2, 0) is 16.1 Å². The Kier molecular flexibility index (Phi) is 7.25. The van der Waals surface area contributed by atoms with E-state index in [-0.39, 0.29) is 24.5 Å². The molecule has 0 radical (unpaired) electrons. The van der Waals surface area contributed by atoms with Gasteiger partial charge in [-0.2, -0.15) is 0 Å². The third-order valence-electron chi connectivity index (χ3n) is 4.96. The normalized spacial score (nSPS) is 15.8. The first-order valence-electron chi connectivity index (χ1n) is 9.95. The zero-order valence-electron chi connectivity index (χ0n) is 16.9. The van der Waals surface area contributed by atoms with Gasteiger partial charge in [0.25, 0.3) is 5.91 Å². The minimum atomic E-state index is -0.183. The van der Waals surface area contributed by atoms with E-state index in [4.69, 9.17) is 9.15 Å². The molecule has 0 bridgehead atoms. The fourth-order valence-electron chi connectivity index (χ4n) is 3.48. The highest BCUT2D eigenvalue weighted by Gasteiger charge is 2.26. The van der Waals surface area contributed by atoms with Crippen molar-refractivity contribution in [2.75, 3.05) is 26.2 Å². The molecule has 2 aromatic rings. The molecule has 0 saturated carbocycles. The topological polar surface area (TPSA) is 63.0 Å². The van der Waals surface area contributed by atoms with Gasteiger partial charge in [0, 0.05) is 25.3 Å². The molecule has 1 aliphatic rings. The van der Waals surface area contributed by atoms with Gasteiger partial charge in [0.15, 0.2) is 0 Å². The number of rotatable bonds is 9. The van der Waals surface area contributed by atoms with Gasteiger partial charge in [-0.1, -0.05) is 23.8 Å². The predicted molar refractivity (Wildman–Crippen MR) is 110 cm³/mol. The van der Waals surface area contributed by atoms with Gasteiger partial charge in [-0.15, -0.1) is 6.58 Å². The smallest absolute Gasteiger partial charge is 0.254 e. The standard InChI is InChI=1S/C23H28N2O4/c1-3-11-24(23(27)19-8-4-7-18(2)14-19)17-22(26)25(15-20-9-5-12-28-20)16-21-10-6-13-29-21/h3-5,7-9,12,14,21H,1,6,10-11,13,15-17H2,2H3/t21-/m1/s1. The van der Waals surface area contributed by atoms with Gasteiger partial charge in [0.2, 0.25) is 5.91 Å². The van der Waals surface area contributed by atoms with Crippen LogP contribution in [0, 0.1) is 6.92 Å². The minimum Gasteiger partial charge on any atom is -0.467 e. The first kappa shape index (κ1) is 20.9. The maximum absolute atomic E-state index is 13.1. The van der Waals surface area contributed by atoms with Crippen LogP contribution >= 0.6 is 0 Å². The number of nitrogens with zero attached hydrogens (tertiary/aromatic N) is 2. The quantitative estimate of drug-likeness (QED) is 0.609. The van der Waals surface area contributed by atoms with Crippen LogP contribution in [0.4, 0.5) is 0 Å². The number of amides is 2. The van der Waals surface area contributed by atoms with E-state index in [0.717, 1.165) is 25.0 Å². The summed E-state index contributed by atoms with van der Waals surface area (Å²) in [4.78, 5) is 29.4. The molecular weight excluding hydrogens is 368 g/mol. The highest BCUT2D eigenvalue weighted by atomic mass is 16.5. The molecule has 3 rings (SSSR count). The van der Waals surface area contributed by atoms with Gasteiger partial charge in [-0.05, 0) is 44.0 Å². The van der Waals surface area contributed by atoms with Gasteiger partial charge < -0.3 is 19.0 Å². The summed E-state index contributed by atoms with van der Waals surface area (Å²) in [5, 5.41) is 0. The van der Waals surface area contributed by atoms with Crippen molar-refractivity contribution < 1.29 is 18.7 Å². The molecule has 29 heavy (non-hydrogen) atoms. The van der Waals surface area contributed by atoms with Gasteiger partial charge in [-0.25, -0.2) is 0 Å². The van der Waals surface area contributed by atoms with Crippen LogP contribution < -0.4 is 0 Å². The van der Waals surface area contributed by atoms with Gasteiger partial charge in [0.05, 0.1) is 18.9 Å². The number of hydrogen-bond donors (Lipinski definition) is 0. The number of furan rings is 1. The van der Waals surface area contributed by atoms with E-state index >= 15 is 0 Å². The molecule has 6 nitrogen and oxygen atoms in total. The van der Waals surface area contributed by atoms with E-state index < -0.39 is 0 Å². The second kappa shape index (κ2) is 10.1. The average Bonchev–Trinajstić information content (AvgIpc) is 3.41. The third kappa shape index (κ3) is 5.81. The lowest BCUT2D eigenvalue weighted by atomic mass is 10.1. The molecule has 1 saturated heterocycles. The molecule has 6 heteroatoms. The predicted octanol–water partition coefficient (Wildman–Crippen LogP) is 3.42. The summed E-state index contributed by atoms with van der Waals surface area (Å²) in [7, 11) is 0. The fraction of sp³-hybridized carbons (Fsp3) is 0.391. The number of carbonyl (C=O) groups is 2. The number of ether oxygens (including phenoxy) is 1. The lowest BCUT2D eigenvalue weighted by Gasteiger charge is -2.28. The monoisotopic (exact) mass is 396 g/mol. The largest absolute Gasteiger partial charge is 0.467 e. The first-order chi connectivity index (χ1) is 14.1. The van der Waals surface area contributed by atoms with E-state index in [1.807, 2.05) is 31.2 Å². The van der Waals surface area contributed by atoms with Gasteiger partial charge in [0.1, 0.15) is 12.3 Å². The van der Waals surface area contributed by atoms with E-state index in [2.05, 4.69) is 6.58 Å². The van der Waals surface area contributed by atoms with Crippen molar-refractivity contribution in [3.05, 3.63) is 72.2 Å². The third-order valence-corrected chi connectivity index (χ3v) is 4.96. The summed E-state index contributed by atoms with van der Waals surface area (Å²) in [6.07, 6.45) is 5.18. The Morgan fingerprint density at radius 3 is 2.76 bits per heavy atom. The number of hydrogen-bond acceptors (Lipinski definition) is 4. The van der Waals surface area contributed by atoms with Gasteiger partial charge >= 0.3 is 0 Å². The Bertz CT molecular complexity index is 825. The highest BCUT2D eigenvalue weighted by Crippen LogP contribution is 2.16. The molecule has 0 spiro atoms. The Morgan fingerprint density at radius 2 is 2.10 bits per heavy atom. The summed E-state index contributed by atoms with van der Waals surface area (Å²) < 4.78 is 11.1. The maximum Gasteiger partial charge on any atom is 0.254 e. The van der Waals surface area contributed by atoms with Crippen molar-refractivity contribution >= 4 is 11.8 Å². The van der Waals surface area contributed by atoms with Crippen LogP contribution in [-0.4, -0.2) is 54.0 Å². The van der Waals surface area contributed by atoms with Crippen LogP contribution in [0.1, 0.15) is 34.5 Å². The lowest BCUT2D eigenvalue weighted by Crippen LogP contribution is -2.45. The Hall–Kier alpha value is -2.86. The Labute approximate surface area is 171 Å². The highest BCUT2D eigenvalue weighted by molar-refractivity contribution is 5.96. The fourth-order valence-corrected chi connectivity index (χ4v) is 3.48. The summed E-state index contributed by atoms with van der Waals surface area (Å²) in [5.74, 6) is 0.383. The van der Waals surface area contributed by atoms with Crippen molar-refractivity contribution in [2.45, 2.75) is 32.4 Å². The molecule has 1 aromatic heterocycles. The molecule has 2 amide bonds. The van der Waals surface area contributed by atoms with Crippen molar-refractivity contribution in [3.8, 4) is 0 Å². The van der Waals surface area contributed by atoms with E-state index in [9.17, 15) is 9.59 Å². The summed E-state index contributed by atoms with van der Waals surface area (Å²) in [5.41, 5.74) is 1.56. The van der Waals surface area contributed by atoms with Crippen LogP contribution in [0.15, 0.2) is 59.7 Å². The molecule has 1 aliphatic heterocycles. The van der Waals surface area contributed by atoms with Gasteiger partial charge in [-0.3, -0.25) is 9.59 Å². The molecule has 1 aromatic carbocycles. The number of benzene rings is 1. The summed E-state index contributed by atoms with van der Waals surface area (Å²) in [6, 6.07) is 11.0. The SMILES string of the molecule is C=CCN(CC(=O)N(Cc1ccco1)C[C@H]1CCCO1)C(=O)c1cccc(C)c1. The zero-order valence-corrected chi connectivity index (χ0v) is 16.9. The van der Waals surface area contributed by atoms with E-state index in [1.54, 1.807) is 29.4 Å². The lowest BCUT2D eigenvalue weighted by molar-refractivity contribution is -0.134. The van der Waals surface area contributed by atoms with E-state index in [1.165, 1.54) is 4.90 Å². The van der Waals surface area contributed by atoms with Crippen LogP contribution in [0.3, 0.4) is 0 Å². The molecule has 1 fully saturated rings. The van der Waals surface area contributed by atoms with Crippen LogP contribution in [0.25, 0.3) is 0 Å². The Morgan fingerprint density at radius 1 is 1.24 bits per heavy atom. The van der Waals surface area contributed by atoms with Crippen LogP contribution in [0.5, 0.6) is 0 Å². The number of carbonyl (C=O) groups excluding carboxylic acids is 2. The zero-order chi connectivity index (χ0) is 20.6. The Balaban J connectivity index is 1.73. The summed E-state index contributed by atoms with van der Waals surface area (Å²) in [6.45, 7) is 7.51. The van der Waals surface area contributed by atoms with E-state index in [0.29, 0.717) is 31.0 Å². The van der Waals surface area contributed by atoms with Crippen molar-refractivity contribution in [3.63, 3.8) is 0 Å². The minimum absolute atomic E-state index is 0.0216. The molecule has 1 atom stereocenters. The summed E-state index contributed by atoms with van der Waals surface area (Å²) >= 11 is 0. The van der Waals surface area contributed by atoms with Crippen LogP contribution in [0.2, 0.25) is 0 Å². The van der Waals surface area contributed by atoms with Crippen molar-refractivity contribution in [1.29, 1.82) is 0 Å². The second-order valence-electron chi connectivity index (χ2n) is 7.33. The van der Waals surface area contributed by atoms with Crippen molar-refractivity contribution in [1.82, 2.24) is 9.80 Å². The van der Waals surface area contributed by atoms with Crippen molar-refractivity contribution in [2.24, 2.45) is 0 Å². The molecule has 154 valence electrons. The maximum atomic E-state index is 13.1.